The largest absolute Gasteiger partial charge is 0.325 e. The van der Waals surface area contributed by atoms with Gasteiger partial charge in [-0.15, -0.1) is 11.8 Å². The molecule has 1 atom stereocenters. The van der Waals surface area contributed by atoms with Gasteiger partial charge in [0, 0.05) is 16.6 Å². The highest BCUT2D eigenvalue weighted by molar-refractivity contribution is 8.00. The van der Waals surface area contributed by atoms with E-state index in [1.54, 1.807) is 30.3 Å². The Morgan fingerprint density at radius 3 is 2.43 bits per heavy atom. The first-order valence-electron chi connectivity index (χ1n) is 6.74. The molecule has 2 rings (SSSR count). The van der Waals surface area contributed by atoms with E-state index in [0.29, 0.717) is 5.69 Å². The second-order valence-corrected chi connectivity index (χ2v) is 6.03. The van der Waals surface area contributed by atoms with Crippen molar-refractivity contribution in [1.82, 2.24) is 5.32 Å². The van der Waals surface area contributed by atoms with E-state index in [9.17, 15) is 18.4 Å². The molecule has 0 saturated heterocycles. The Morgan fingerprint density at radius 1 is 1.09 bits per heavy atom. The molecule has 0 aromatic heterocycles. The molecule has 2 aromatic rings. The molecule has 2 aromatic carbocycles. The maximum absolute atomic E-state index is 13.6. The van der Waals surface area contributed by atoms with E-state index in [1.807, 2.05) is 0 Å². The second kappa shape index (κ2) is 7.73. The number of anilines is 1. The molecular weight excluding hydrogens is 322 g/mol. The fourth-order valence-corrected chi connectivity index (χ4v) is 2.58. The highest BCUT2D eigenvalue weighted by Gasteiger charge is 2.19. The maximum atomic E-state index is 13.6. The quantitative estimate of drug-likeness (QED) is 0.835. The smallest absolute Gasteiger partial charge is 0.308 e. The summed E-state index contributed by atoms with van der Waals surface area (Å²) >= 11 is 0.902. The van der Waals surface area contributed by atoms with Crippen molar-refractivity contribution in [3.63, 3.8) is 0 Å². The fraction of sp³-hybridized carbons (Fsp3) is 0.125. The van der Waals surface area contributed by atoms with Crippen molar-refractivity contribution in [1.29, 1.82) is 0 Å². The number of carbonyl (C=O) groups is 2. The molecular formula is C16H14F2N2O2S. The first-order chi connectivity index (χ1) is 11.0. The third-order valence-corrected chi connectivity index (χ3v) is 3.99. The van der Waals surface area contributed by atoms with E-state index in [0.717, 1.165) is 23.9 Å². The Hall–Kier alpha value is -2.41. The van der Waals surface area contributed by atoms with Crippen molar-refractivity contribution < 1.29 is 18.4 Å². The van der Waals surface area contributed by atoms with Gasteiger partial charge in [-0.1, -0.05) is 18.2 Å². The number of rotatable bonds is 4. The van der Waals surface area contributed by atoms with E-state index in [2.05, 4.69) is 10.6 Å². The SMILES string of the molecule is C[C@H](Sc1ccc(F)cc1F)C(=O)NC(=O)Nc1ccccc1. The third kappa shape index (κ3) is 5.07. The number of carbonyl (C=O) groups excluding carboxylic acids is 2. The van der Waals surface area contributed by atoms with Crippen molar-refractivity contribution in [2.24, 2.45) is 0 Å². The van der Waals surface area contributed by atoms with Crippen LogP contribution < -0.4 is 10.6 Å². The van der Waals surface area contributed by atoms with Crippen LogP contribution in [0, 0.1) is 11.6 Å². The Morgan fingerprint density at radius 2 is 1.78 bits per heavy atom. The van der Waals surface area contributed by atoms with Gasteiger partial charge in [-0.2, -0.15) is 0 Å². The molecule has 0 saturated carbocycles. The van der Waals surface area contributed by atoms with Gasteiger partial charge in [-0.3, -0.25) is 10.1 Å². The van der Waals surface area contributed by atoms with Crippen LogP contribution in [0.4, 0.5) is 19.3 Å². The number of amides is 3. The monoisotopic (exact) mass is 336 g/mol. The molecule has 0 aliphatic rings. The van der Waals surface area contributed by atoms with Gasteiger partial charge in [-0.25, -0.2) is 13.6 Å². The summed E-state index contributed by atoms with van der Waals surface area (Å²) in [7, 11) is 0. The molecule has 120 valence electrons. The van der Waals surface area contributed by atoms with Crippen molar-refractivity contribution in [2.45, 2.75) is 17.1 Å². The Balaban J connectivity index is 1.90. The van der Waals surface area contributed by atoms with Gasteiger partial charge >= 0.3 is 6.03 Å². The molecule has 2 N–H and O–H groups in total. The third-order valence-electron chi connectivity index (χ3n) is 2.84. The molecule has 0 spiro atoms. The molecule has 7 heteroatoms. The average Bonchev–Trinajstić information content (AvgIpc) is 2.50. The normalized spacial score (nSPS) is 11.6. The van der Waals surface area contributed by atoms with Gasteiger partial charge in [0.05, 0.1) is 5.25 Å². The van der Waals surface area contributed by atoms with Crippen molar-refractivity contribution in [3.05, 3.63) is 60.2 Å². The van der Waals surface area contributed by atoms with Crippen LogP contribution in [0.2, 0.25) is 0 Å². The second-order valence-electron chi connectivity index (χ2n) is 4.64. The average molecular weight is 336 g/mol. The zero-order valence-corrected chi connectivity index (χ0v) is 13.0. The molecule has 0 heterocycles. The number of hydrogen-bond donors (Lipinski definition) is 2. The summed E-state index contributed by atoms with van der Waals surface area (Å²) in [6.07, 6.45) is 0. The minimum absolute atomic E-state index is 0.137. The summed E-state index contributed by atoms with van der Waals surface area (Å²) in [6.45, 7) is 1.53. The van der Waals surface area contributed by atoms with Crippen LogP contribution in [0.25, 0.3) is 0 Å². The summed E-state index contributed by atoms with van der Waals surface area (Å²) in [5.41, 5.74) is 0.544. The molecule has 0 aliphatic heterocycles. The lowest BCUT2D eigenvalue weighted by molar-refractivity contribution is -0.119. The topological polar surface area (TPSA) is 58.2 Å². The van der Waals surface area contributed by atoms with Gasteiger partial charge in [0.25, 0.3) is 0 Å². The summed E-state index contributed by atoms with van der Waals surface area (Å²) in [4.78, 5) is 23.8. The van der Waals surface area contributed by atoms with E-state index in [-0.39, 0.29) is 4.90 Å². The first-order valence-corrected chi connectivity index (χ1v) is 7.62. The maximum Gasteiger partial charge on any atom is 0.325 e. The lowest BCUT2D eigenvalue weighted by Crippen LogP contribution is -2.38. The summed E-state index contributed by atoms with van der Waals surface area (Å²) < 4.78 is 26.4. The minimum atomic E-state index is -0.747. The molecule has 23 heavy (non-hydrogen) atoms. The predicted molar refractivity (Wildman–Crippen MR) is 85.3 cm³/mol. The molecule has 0 aliphatic carbocycles. The van der Waals surface area contributed by atoms with Gasteiger partial charge < -0.3 is 5.32 Å². The fourth-order valence-electron chi connectivity index (χ4n) is 1.71. The van der Waals surface area contributed by atoms with E-state index in [1.165, 1.54) is 13.0 Å². The van der Waals surface area contributed by atoms with Gasteiger partial charge in [-0.05, 0) is 31.2 Å². The standard InChI is InChI=1S/C16H14F2N2O2S/c1-10(23-14-8-7-11(17)9-13(14)18)15(21)20-16(22)19-12-5-3-2-4-6-12/h2-10H,1H3,(H2,19,20,21,22)/t10-/m0/s1. The number of imide groups is 1. The van der Waals surface area contributed by atoms with Crippen molar-refractivity contribution in [2.75, 3.05) is 5.32 Å². The zero-order chi connectivity index (χ0) is 16.8. The molecule has 0 fully saturated rings. The van der Waals surface area contributed by atoms with E-state index < -0.39 is 28.8 Å². The number of thioether (sulfide) groups is 1. The summed E-state index contributed by atoms with van der Waals surface area (Å²) in [5.74, 6) is -2.01. The number of nitrogens with one attached hydrogen (secondary N) is 2. The Labute approximate surface area is 136 Å². The Bertz CT molecular complexity index is 710. The number of urea groups is 1. The minimum Gasteiger partial charge on any atom is -0.308 e. The number of halogens is 2. The number of hydrogen-bond acceptors (Lipinski definition) is 3. The Kier molecular flexibility index (Phi) is 5.70. The van der Waals surface area contributed by atoms with Crippen LogP contribution in [0.3, 0.4) is 0 Å². The van der Waals surface area contributed by atoms with Gasteiger partial charge in [0.15, 0.2) is 0 Å². The van der Waals surface area contributed by atoms with Gasteiger partial charge in [0.1, 0.15) is 11.6 Å². The highest BCUT2D eigenvalue weighted by atomic mass is 32.2. The van der Waals surface area contributed by atoms with Crippen LogP contribution in [0.1, 0.15) is 6.92 Å². The van der Waals surface area contributed by atoms with Crippen LogP contribution in [0.15, 0.2) is 53.4 Å². The first kappa shape index (κ1) is 17.0. The number of benzene rings is 2. The van der Waals surface area contributed by atoms with Crippen molar-refractivity contribution in [3.8, 4) is 0 Å². The lowest BCUT2D eigenvalue weighted by Gasteiger charge is -2.12. The van der Waals surface area contributed by atoms with Gasteiger partial charge in [0.2, 0.25) is 5.91 Å². The summed E-state index contributed by atoms with van der Waals surface area (Å²) in [5, 5.41) is 3.95. The van der Waals surface area contributed by atoms with Crippen LogP contribution >= 0.6 is 11.8 Å². The molecule has 0 bridgehead atoms. The number of para-hydroxylation sites is 1. The van der Waals surface area contributed by atoms with Crippen LogP contribution in [-0.4, -0.2) is 17.2 Å². The van der Waals surface area contributed by atoms with Crippen LogP contribution in [0.5, 0.6) is 0 Å². The molecule has 0 unspecified atom stereocenters. The molecule has 3 amide bonds. The van der Waals surface area contributed by atoms with Crippen LogP contribution in [-0.2, 0) is 4.79 Å². The van der Waals surface area contributed by atoms with E-state index in [4.69, 9.17) is 0 Å². The van der Waals surface area contributed by atoms with E-state index >= 15 is 0 Å². The lowest BCUT2D eigenvalue weighted by atomic mass is 10.3. The summed E-state index contributed by atoms with van der Waals surface area (Å²) in [6, 6.07) is 11.1. The zero-order valence-electron chi connectivity index (χ0n) is 12.2. The molecule has 0 radical (unpaired) electrons. The van der Waals surface area contributed by atoms with Crippen molar-refractivity contribution >= 4 is 29.4 Å². The molecule has 4 nitrogen and oxygen atoms in total. The predicted octanol–water partition coefficient (Wildman–Crippen LogP) is 3.79. The highest BCUT2D eigenvalue weighted by Crippen LogP contribution is 2.26.